The predicted octanol–water partition coefficient (Wildman–Crippen LogP) is 1.76. The summed E-state index contributed by atoms with van der Waals surface area (Å²) in [6.07, 6.45) is 1.63. The smallest absolute Gasteiger partial charge is 0.176 e. The van der Waals surface area contributed by atoms with Crippen LogP contribution in [0, 0.1) is 0 Å². The van der Waals surface area contributed by atoms with Gasteiger partial charge in [0.25, 0.3) is 0 Å². The molecular weight excluding hydrogens is 214 g/mol. The maximum atomic E-state index is 5.61. The van der Waals surface area contributed by atoms with Gasteiger partial charge in [0.05, 0.1) is 11.9 Å². The van der Waals surface area contributed by atoms with Gasteiger partial charge in [-0.25, -0.2) is 9.67 Å². The normalized spacial score (nSPS) is 11.8. The number of aryl methyl sites for hydroxylation is 1. The van der Waals surface area contributed by atoms with Crippen molar-refractivity contribution in [3.8, 4) is 11.5 Å². The zero-order chi connectivity index (χ0) is 12.6. The SMILES string of the molecule is Cn1nc(C(C)(C)C)nc1-c1ccc(N)cn1. The minimum atomic E-state index is -0.0657. The van der Waals surface area contributed by atoms with Crippen LogP contribution in [0.25, 0.3) is 11.5 Å². The molecule has 0 aliphatic heterocycles. The molecule has 17 heavy (non-hydrogen) atoms. The number of nitrogen functional groups attached to an aromatic ring is 1. The summed E-state index contributed by atoms with van der Waals surface area (Å²) in [6, 6.07) is 3.67. The van der Waals surface area contributed by atoms with Gasteiger partial charge in [-0.2, -0.15) is 5.10 Å². The van der Waals surface area contributed by atoms with Crippen LogP contribution in [0.5, 0.6) is 0 Å². The fourth-order valence-corrected chi connectivity index (χ4v) is 1.46. The van der Waals surface area contributed by atoms with Crippen LogP contribution in [0.2, 0.25) is 0 Å². The molecule has 0 saturated heterocycles. The van der Waals surface area contributed by atoms with E-state index in [1.165, 1.54) is 0 Å². The van der Waals surface area contributed by atoms with Gasteiger partial charge in [0.2, 0.25) is 0 Å². The molecule has 0 atom stereocenters. The highest BCUT2D eigenvalue weighted by Gasteiger charge is 2.21. The Kier molecular flexibility index (Phi) is 2.61. The summed E-state index contributed by atoms with van der Waals surface area (Å²) in [7, 11) is 1.87. The lowest BCUT2D eigenvalue weighted by atomic mass is 9.96. The van der Waals surface area contributed by atoms with Crippen molar-refractivity contribution in [1.29, 1.82) is 0 Å². The van der Waals surface area contributed by atoms with Gasteiger partial charge in [0.15, 0.2) is 11.6 Å². The van der Waals surface area contributed by atoms with E-state index in [-0.39, 0.29) is 5.41 Å². The largest absolute Gasteiger partial charge is 0.397 e. The van der Waals surface area contributed by atoms with Gasteiger partial charge in [-0.1, -0.05) is 20.8 Å². The van der Waals surface area contributed by atoms with Crippen LogP contribution in [0.15, 0.2) is 18.3 Å². The molecule has 5 heteroatoms. The van der Waals surface area contributed by atoms with Crippen LogP contribution in [-0.2, 0) is 12.5 Å². The number of hydrogen-bond donors (Lipinski definition) is 1. The van der Waals surface area contributed by atoms with Crippen molar-refractivity contribution in [1.82, 2.24) is 19.7 Å². The molecule has 0 saturated carbocycles. The molecule has 2 heterocycles. The van der Waals surface area contributed by atoms with Crippen LogP contribution in [0.1, 0.15) is 26.6 Å². The number of hydrogen-bond acceptors (Lipinski definition) is 4. The Balaban J connectivity index is 2.46. The third kappa shape index (κ3) is 2.27. The Morgan fingerprint density at radius 2 is 1.94 bits per heavy atom. The zero-order valence-corrected chi connectivity index (χ0v) is 10.6. The van der Waals surface area contributed by atoms with Gasteiger partial charge in [0, 0.05) is 12.5 Å². The lowest BCUT2D eigenvalue weighted by Gasteiger charge is -2.11. The first kappa shape index (κ1) is 11.6. The number of rotatable bonds is 1. The van der Waals surface area contributed by atoms with Crippen LogP contribution in [-0.4, -0.2) is 19.7 Å². The quantitative estimate of drug-likeness (QED) is 0.811. The first-order chi connectivity index (χ1) is 7.88. The molecule has 0 unspecified atom stereocenters. The van der Waals surface area contributed by atoms with Crippen LogP contribution >= 0.6 is 0 Å². The van der Waals surface area contributed by atoms with E-state index >= 15 is 0 Å². The molecule has 0 spiro atoms. The first-order valence-corrected chi connectivity index (χ1v) is 5.51. The summed E-state index contributed by atoms with van der Waals surface area (Å²) in [6.45, 7) is 6.26. The van der Waals surface area contributed by atoms with Crippen LogP contribution in [0.3, 0.4) is 0 Å². The molecule has 0 aromatic carbocycles. The van der Waals surface area contributed by atoms with Crippen molar-refractivity contribution in [2.24, 2.45) is 7.05 Å². The van der Waals surface area contributed by atoms with Gasteiger partial charge >= 0.3 is 0 Å². The molecule has 90 valence electrons. The Bertz CT molecular complexity index is 519. The fourth-order valence-electron chi connectivity index (χ4n) is 1.46. The number of nitrogens with two attached hydrogens (primary N) is 1. The second-order valence-corrected chi connectivity index (χ2v) is 5.11. The first-order valence-electron chi connectivity index (χ1n) is 5.51. The molecule has 5 nitrogen and oxygen atoms in total. The zero-order valence-electron chi connectivity index (χ0n) is 10.6. The number of anilines is 1. The molecule has 0 radical (unpaired) electrons. The van der Waals surface area contributed by atoms with Gasteiger partial charge < -0.3 is 5.73 Å². The van der Waals surface area contributed by atoms with Crippen molar-refractivity contribution in [2.75, 3.05) is 5.73 Å². The highest BCUT2D eigenvalue weighted by Crippen LogP contribution is 2.22. The Labute approximate surface area is 101 Å². The second kappa shape index (κ2) is 3.84. The maximum absolute atomic E-state index is 5.61. The van der Waals surface area contributed by atoms with E-state index in [1.807, 2.05) is 19.2 Å². The Morgan fingerprint density at radius 3 is 2.41 bits per heavy atom. The molecular formula is C12H17N5. The molecule has 0 bridgehead atoms. The van der Waals surface area contributed by atoms with Gasteiger partial charge in [0.1, 0.15) is 5.69 Å². The standard InChI is InChI=1S/C12H17N5/c1-12(2,3)11-15-10(17(4)16-11)9-6-5-8(13)7-14-9/h5-7H,13H2,1-4H3. The third-order valence-corrected chi connectivity index (χ3v) is 2.45. The van der Waals surface area contributed by atoms with Gasteiger partial charge in [-0.3, -0.25) is 4.98 Å². The number of aromatic nitrogens is 4. The molecule has 2 rings (SSSR count). The molecule has 0 amide bonds. The molecule has 0 aliphatic rings. The summed E-state index contributed by atoms with van der Waals surface area (Å²) >= 11 is 0. The average Bonchev–Trinajstić information content (AvgIpc) is 2.61. The van der Waals surface area contributed by atoms with E-state index in [2.05, 4.69) is 35.8 Å². The molecule has 0 aliphatic carbocycles. The highest BCUT2D eigenvalue weighted by atomic mass is 15.3. The molecule has 2 N–H and O–H groups in total. The minimum Gasteiger partial charge on any atom is -0.397 e. The van der Waals surface area contributed by atoms with Crippen molar-refractivity contribution in [3.05, 3.63) is 24.2 Å². The molecule has 2 aromatic rings. The number of pyridine rings is 1. The monoisotopic (exact) mass is 231 g/mol. The summed E-state index contributed by atoms with van der Waals surface area (Å²) in [5.41, 5.74) is 6.97. The molecule has 2 aromatic heterocycles. The summed E-state index contributed by atoms with van der Waals surface area (Å²) in [5, 5.41) is 4.42. The van der Waals surface area contributed by atoms with E-state index in [9.17, 15) is 0 Å². The average molecular weight is 231 g/mol. The Morgan fingerprint density at radius 1 is 1.24 bits per heavy atom. The highest BCUT2D eigenvalue weighted by molar-refractivity contribution is 5.52. The van der Waals surface area contributed by atoms with Crippen LogP contribution < -0.4 is 5.73 Å². The van der Waals surface area contributed by atoms with Gasteiger partial charge in [-0.15, -0.1) is 0 Å². The van der Waals surface area contributed by atoms with E-state index in [1.54, 1.807) is 10.9 Å². The van der Waals surface area contributed by atoms with E-state index in [0.717, 1.165) is 17.3 Å². The van der Waals surface area contributed by atoms with Crippen molar-refractivity contribution in [3.63, 3.8) is 0 Å². The minimum absolute atomic E-state index is 0.0657. The fraction of sp³-hybridized carbons (Fsp3) is 0.417. The topological polar surface area (TPSA) is 69.6 Å². The lowest BCUT2D eigenvalue weighted by Crippen LogP contribution is -2.13. The van der Waals surface area contributed by atoms with E-state index in [0.29, 0.717) is 5.69 Å². The number of nitrogens with zero attached hydrogens (tertiary/aromatic N) is 4. The summed E-state index contributed by atoms with van der Waals surface area (Å²) in [4.78, 5) is 8.79. The molecule has 0 fully saturated rings. The van der Waals surface area contributed by atoms with Crippen molar-refractivity contribution in [2.45, 2.75) is 26.2 Å². The lowest BCUT2D eigenvalue weighted by molar-refractivity contribution is 0.538. The van der Waals surface area contributed by atoms with Crippen LogP contribution in [0.4, 0.5) is 5.69 Å². The third-order valence-electron chi connectivity index (χ3n) is 2.45. The second-order valence-electron chi connectivity index (χ2n) is 5.11. The van der Waals surface area contributed by atoms with Gasteiger partial charge in [-0.05, 0) is 12.1 Å². The van der Waals surface area contributed by atoms with E-state index < -0.39 is 0 Å². The van der Waals surface area contributed by atoms with Crippen molar-refractivity contribution < 1.29 is 0 Å². The summed E-state index contributed by atoms with van der Waals surface area (Å²) < 4.78 is 1.75. The predicted molar refractivity (Wildman–Crippen MR) is 67.3 cm³/mol. The van der Waals surface area contributed by atoms with E-state index in [4.69, 9.17) is 5.73 Å². The summed E-state index contributed by atoms with van der Waals surface area (Å²) in [5.74, 6) is 1.57. The Hall–Kier alpha value is -1.91. The maximum Gasteiger partial charge on any atom is 0.176 e. The van der Waals surface area contributed by atoms with Crippen molar-refractivity contribution >= 4 is 5.69 Å².